The van der Waals surface area contributed by atoms with E-state index in [9.17, 15) is 40.6 Å². The van der Waals surface area contributed by atoms with Crippen molar-refractivity contribution in [2.75, 3.05) is 13.7 Å². The van der Waals surface area contributed by atoms with Gasteiger partial charge in [0.15, 0.2) is 6.23 Å². The topological polar surface area (TPSA) is 61.8 Å². The van der Waals surface area contributed by atoms with Crippen molar-refractivity contribution >= 4 is 6.03 Å². The summed E-state index contributed by atoms with van der Waals surface area (Å²) in [5.74, 6) is -0.374. The van der Waals surface area contributed by atoms with Crippen molar-refractivity contribution in [3.63, 3.8) is 0 Å². The van der Waals surface area contributed by atoms with E-state index in [-0.39, 0.29) is 24.6 Å². The molecule has 0 spiro atoms. The van der Waals surface area contributed by atoms with Crippen LogP contribution >= 0.6 is 0 Å². The first-order chi connectivity index (χ1) is 15.6. The predicted octanol–water partition coefficient (Wildman–Crippen LogP) is 5.14. The summed E-state index contributed by atoms with van der Waals surface area (Å²) in [5, 5.41) is 13.1. The molecule has 0 aromatic heterocycles. The first kappa shape index (κ1) is 27.4. The summed E-state index contributed by atoms with van der Waals surface area (Å²) in [7, 11) is 1.50. The normalized spacial score (nSPS) is 20.8. The molecule has 0 saturated carbocycles. The molecule has 2 amide bonds. The van der Waals surface area contributed by atoms with Crippen LogP contribution in [0.2, 0.25) is 0 Å². The molecule has 0 radical (unpaired) electrons. The van der Waals surface area contributed by atoms with Crippen LogP contribution in [0, 0.1) is 5.82 Å². The molecule has 2 aromatic carbocycles. The number of carbonyl (C=O) groups excluding carboxylic acids is 1. The van der Waals surface area contributed by atoms with Gasteiger partial charge < -0.3 is 15.2 Å². The molecule has 5 nitrogen and oxygen atoms in total. The molecule has 1 heterocycles. The van der Waals surface area contributed by atoms with Gasteiger partial charge >= 0.3 is 18.4 Å². The Kier molecular flexibility index (Phi) is 8.20. The Morgan fingerprint density at radius 2 is 1.53 bits per heavy atom. The van der Waals surface area contributed by atoms with Crippen LogP contribution in [-0.2, 0) is 22.6 Å². The summed E-state index contributed by atoms with van der Waals surface area (Å²) < 4.78 is 90.6. The predicted molar refractivity (Wildman–Crippen MR) is 108 cm³/mol. The third kappa shape index (κ3) is 6.38. The standard InChI is InChI=1S/C14H19FN2O3.C8H4F6/c1-9(2)20-8-14(10-4-6-11(15)7-5-10)12(18)17(3)13(19)16-14;9-7(10,11)5-2-1-3-6(4-5)8(12,13)14/h4-7,9,12,18H,8H2,1-3H3,(H,16,19);1-4H/t12?,14-;/m1./s1. The first-order valence-corrected chi connectivity index (χ1v) is 9.93. The van der Waals surface area contributed by atoms with Gasteiger partial charge in [0.25, 0.3) is 0 Å². The van der Waals surface area contributed by atoms with E-state index in [2.05, 4.69) is 5.32 Å². The van der Waals surface area contributed by atoms with Crippen molar-refractivity contribution < 1.29 is 45.4 Å². The molecule has 1 fully saturated rings. The maximum Gasteiger partial charge on any atom is 0.416 e. The van der Waals surface area contributed by atoms with Crippen molar-refractivity contribution in [3.05, 3.63) is 71.0 Å². The minimum atomic E-state index is -4.75. The van der Waals surface area contributed by atoms with E-state index in [1.165, 1.54) is 24.1 Å². The van der Waals surface area contributed by atoms with Crippen LogP contribution < -0.4 is 5.32 Å². The molecule has 2 N–H and O–H groups in total. The van der Waals surface area contributed by atoms with Gasteiger partial charge in [-0.2, -0.15) is 26.3 Å². The fraction of sp³-hybridized carbons (Fsp3) is 0.409. The highest BCUT2D eigenvalue weighted by molar-refractivity contribution is 5.78. The number of aliphatic hydroxyl groups excluding tert-OH is 1. The Hall–Kier alpha value is -2.86. The third-order valence-corrected chi connectivity index (χ3v) is 4.98. The van der Waals surface area contributed by atoms with Gasteiger partial charge in [0.2, 0.25) is 0 Å². The van der Waals surface area contributed by atoms with Crippen LogP contribution in [0.1, 0.15) is 30.5 Å². The molecule has 12 heteroatoms. The zero-order chi connectivity index (χ0) is 25.9. The minimum Gasteiger partial charge on any atom is -0.376 e. The highest BCUT2D eigenvalue weighted by Gasteiger charge is 2.51. The number of ether oxygens (including phenoxy) is 1. The van der Waals surface area contributed by atoms with E-state index in [4.69, 9.17) is 4.74 Å². The fourth-order valence-corrected chi connectivity index (χ4v) is 3.12. The Labute approximate surface area is 191 Å². The quantitative estimate of drug-likeness (QED) is 0.576. The van der Waals surface area contributed by atoms with E-state index in [0.29, 0.717) is 17.7 Å². The van der Waals surface area contributed by atoms with Crippen LogP contribution in [0.15, 0.2) is 48.5 Å². The van der Waals surface area contributed by atoms with Crippen LogP contribution in [0.5, 0.6) is 0 Å². The van der Waals surface area contributed by atoms with Crippen LogP contribution in [-0.4, -0.2) is 42.0 Å². The number of urea groups is 1. The van der Waals surface area contributed by atoms with Gasteiger partial charge in [0.1, 0.15) is 11.4 Å². The molecule has 2 aromatic rings. The summed E-state index contributed by atoms with van der Waals surface area (Å²) in [6.45, 7) is 3.84. The lowest BCUT2D eigenvalue weighted by Crippen LogP contribution is -2.51. The lowest BCUT2D eigenvalue weighted by molar-refractivity contribution is -0.143. The van der Waals surface area contributed by atoms with Gasteiger partial charge in [0, 0.05) is 7.05 Å². The molecule has 2 atom stereocenters. The number of rotatable bonds is 4. The molecule has 0 aliphatic carbocycles. The van der Waals surface area contributed by atoms with Gasteiger partial charge in [-0.3, -0.25) is 4.90 Å². The number of halogens is 7. The van der Waals surface area contributed by atoms with E-state index in [1.807, 2.05) is 13.8 Å². The number of aliphatic hydroxyl groups is 1. The Balaban J connectivity index is 0.000000257. The van der Waals surface area contributed by atoms with Crippen molar-refractivity contribution in [2.24, 2.45) is 0 Å². The number of likely N-dealkylation sites (N-methyl/N-ethyl adjacent to an activating group) is 1. The number of nitrogens with zero attached hydrogens (tertiary/aromatic N) is 1. The fourth-order valence-electron chi connectivity index (χ4n) is 3.12. The van der Waals surface area contributed by atoms with E-state index in [0.717, 1.165) is 6.07 Å². The maximum absolute atomic E-state index is 13.1. The average Bonchev–Trinajstić information content (AvgIpc) is 2.96. The lowest BCUT2D eigenvalue weighted by Gasteiger charge is -2.33. The molecular weight excluding hydrogens is 473 g/mol. The highest BCUT2D eigenvalue weighted by atomic mass is 19.4. The smallest absolute Gasteiger partial charge is 0.376 e. The van der Waals surface area contributed by atoms with Gasteiger partial charge in [-0.05, 0) is 49.7 Å². The van der Waals surface area contributed by atoms with Crippen molar-refractivity contribution in [1.29, 1.82) is 0 Å². The summed E-state index contributed by atoms with van der Waals surface area (Å²) in [5.41, 5.74) is -3.09. The van der Waals surface area contributed by atoms with Gasteiger partial charge in [-0.1, -0.05) is 18.2 Å². The van der Waals surface area contributed by atoms with E-state index < -0.39 is 41.3 Å². The molecule has 1 aliphatic heterocycles. The number of amides is 2. The molecule has 1 saturated heterocycles. The van der Waals surface area contributed by atoms with Gasteiger partial charge in [-0.15, -0.1) is 0 Å². The van der Waals surface area contributed by atoms with Crippen LogP contribution in [0.4, 0.5) is 35.5 Å². The molecule has 188 valence electrons. The number of hydrogen-bond donors (Lipinski definition) is 2. The SMILES string of the molecule is CC(C)OC[C@]1(c2ccc(F)cc2)NC(=O)N(C)C1O.FC(F)(F)c1cccc(C(F)(F)F)c1. The van der Waals surface area contributed by atoms with E-state index >= 15 is 0 Å². The number of nitrogens with one attached hydrogen (secondary N) is 1. The monoisotopic (exact) mass is 496 g/mol. The molecular formula is C22H23F7N2O3. The maximum atomic E-state index is 13.1. The summed E-state index contributed by atoms with van der Waals surface area (Å²) in [6.07, 6.45) is -10.6. The highest BCUT2D eigenvalue weighted by Crippen LogP contribution is 2.35. The second kappa shape index (κ2) is 10.2. The number of alkyl halides is 6. The van der Waals surface area contributed by atoms with Crippen LogP contribution in [0.25, 0.3) is 0 Å². The molecule has 34 heavy (non-hydrogen) atoms. The van der Waals surface area contributed by atoms with Gasteiger partial charge in [-0.25, -0.2) is 9.18 Å². The zero-order valence-electron chi connectivity index (χ0n) is 18.3. The third-order valence-electron chi connectivity index (χ3n) is 4.98. The molecule has 1 aliphatic rings. The first-order valence-electron chi connectivity index (χ1n) is 9.93. The van der Waals surface area contributed by atoms with Gasteiger partial charge in [0.05, 0.1) is 23.8 Å². The second-order valence-electron chi connectivity index (χ2n) is 7.83. The second-order valence-corrected chi connectivity index (χ2v) is 7.83. The Bertz CT molecular complexity index is 948. The minimum absolute atomic E-state index is 0.0534. The summed E-state index contributed by atoms with van der Waals surface area (Å²) in [4.78, 5) is 13.0. The molecule has 3 rings (SSSR count). The number of carbonyl (C=O) groups is 1. The zero-order valence-corrected chi connectivity index (χ0v) is 18.3. The van der Waals surface area contributed by atoms with Crippen molar-refractivity contribution in [2.45, 2.75) is 44.1 Å². The Morgan fingerprint density at radius 3 is 1.91 bits per heavy atom. The molecule has 1 unspecified atom stereocenters. The number of benzene rings is 2. The summed E-state index contributed by atoms with van der Waals surface area (Å²) in [6, 6.07) is 7.28. The van der Waals surface area contributed by atoms with Crippen LogP contribution in [0.3, 0.4) is 0 Å². The summed E-state index contributed by atoms with van der Waals surface area (Å²) >= 11 is 0. The largest absolute Gasteiger partial charge is 0.416 e. The Morgan fingerprint density at radius 1 is 1.03 bits per heavy atom. The number of hydrogen-bond acceptors (Lipinski definition) is 3. The van der Waals surface area contributed by atoms with Crippen molar-refractivity contribution in [1.82, 2.24) is 10.2 Å². The average molecular weight is 496 g/mol. The lowest BCUT2D eigenvalue weighted by atomic mass is 9.89. The van der Waals surface area contributed by atoms with E-state index in [1.54, 1.807) is 12.1 Å². The molecule has 0 bridgehead atoms. The van der Waals surface area contributed by atoms with Crippen molar-refractivity contribution in [3.8, 4) is 0 Å².